The molecule has 0 aromatic rings. The lowest BCUT2D eigenvalue weighted by Crippen LogP contribution is -2.63. The molecule has 2 atom stereocenters. The smallest absolute Gasteiger partial charge is 0.315 e. The largest absolute Gasteiger partial charge is 0.351 e. The van der Waals surface area contributed by atoms with Gasteiger partial charge < -0.3 is 16.0 Å². The second-order valence-electron chi connectivity index (χ2n) is 4.11. The topological polar surface area (TPSA) is 58.4 Å². The van der Waals surface area contributed by atoms with Crippen molar-refractivity contribution in [2.75, 3.05) is 13.1 Å². The first-order valence-electron chi connectivity index (χ1n) is 4.99. The molecule has 2 amide bonds. The number of nitrogens with zero attached hydrogens (tertiary/aromatic N) is 1. The summed E-state index contributed by atoms with van der Waals surface area (Å²) in [4.78, 5) is 13.2. The second kappa shape index (κ2) is 2.87. The van der Waals surface area contributed by atoms with E-state index in [2.05, 4.69) is 12.2 Å². The van der Waals surface area contributed by atoms with Crippen LogP contribution in [0.3, 0.4) is 0 Å². The van der Waals surface area contributed by atoms with E-state index in [9.17, 15) is 4.79 Å². The molecule has 74 valence electrons. The van der Waals surface area contributed by atoms with Gasteiger partial charge in [0.2, 0.25) is 0 Å². The molecule has 1 unspecified atom stereocenters. The van der Waals surface area contributed by atoms with Crippen molar-refractivity contribution in [1.82, 2.24) is 10.2 Å². The third-order valence-electron chi connectivity index (χ3n) is 3.55. The van der Waals surface area contributed by atoms with Crippen molar-refractivity contribution in [2.24, 2.45) is 5.73 Å². The molecule has 0 aromatic carbocycles. The Labute approximate surface area is 78.5 Å². The Morgan fingerprint density at radius 3 is 3.08 bits per heavy atom. The van der Waals surface area contributed by atoms with Gasteiger partial charge >= 0.3 is 6.03 Å². The molecule has 2 fully saturated rings. The minimum Gasteiger partial charge on any atom is -0.351 e. The molecule has 4 heteroatoms. The number of urea groups is 1. The van der Waals surface area contributed by atoms with Crippen LogP contribution in [0.5, 0.6) is 0 Å². The average Bonchev–Trinajstić information content (AvgIpc) is 2.35. The number of nitrogens with two attached hydrogens (primary N) is 1. The molecule has 0 saturated carbocycles. The van der Waals surface area contributed by atoms with Crippen molar-refractivity contribution < 1.29 is 4.79 Å². The summed E-state index contributed by atoms with van der Waals surface area (Å²) < 4.78 is 0. The number of carbonyl (C=O) groups excluding carboxylic acids is 1. The maximum Gasteiger partial charge on any atom is 0.315 e. The van der Waals surface area contributed by atoms with Gasteiger partial charge in [-0.1, -0.05) is 6.92 Å². The van der Waals surface area contributed by atoms with E-state index in [1.54, 1.807) is 0 Å². The highest BCUT2D eigenvalue weighted by atomic mass is 16.2. The quantitative estimate of drug-likeness (QED) is 0.613. The number of rotatable bonds is 1. The molecular weight excluding hydrogens is 166 g/mol. The minimum absolute atomic E-state index is 0.0226. The van der Waals surface area contributed by atoms with Gasteiger partial charge in [0.05, 0.1) is 5.54 Å². The van der Waals surface area contributed by atoms with E-state index in [1.807, 2.05) is 4.90 Å². The summed E-state index contributed by atoms with van der Waals surface area (Å²) in [7, 11) is 0. The van der Waals surface area contributed by atoms with E-state index in [0.717, 1.165) is 32.4 Å². The Bertz CT molecular complexity index is 227. The minimum atomic E-state index is -0.245. The molecule has 2 aliphatic heterocycles. The van der Waals surface area contributed by atoms with Crippen LogP contribution in [0, 0.1) is 0 Å². The Hall–Kier alpha value is -0.770. The number of amides is 2. The highest BCUT2D eigenvalue weighted by Crippen LogP contribution is 2.38. The maximum atomic E-state index is 11.3. The van der Waals surface area contributed by atoms with Crippen molar-refractivity contribution in [1.29, 1.82) is 0 Å². The van der Waals surface area contributed by atoms with Gasteiger partial charge in [-0.05, 0) is 19.3 Å². The molecule has 0 spiro atoms. The lowest BCUT2D eigenvalue weighted by atomic mass is 9.93. The third-order valence-corrected chi connectivity index (χ3v) is 3.55. The van der Waals surface area contributed by atoms with Gasteiger partial charge in [-0.25, -0.2) is 4.79 Å². The van der Waals surface area contributed by atoms with Crippen molar-refractivity contribution >= 4 is 6.03 Å². The zero-order valence-corrected chi connectivity index (χ0v) is 8.05. The van der Waals surface area contributed by atoms with Crippen LogP contribution in [-0.4, -0.2) is 35.6 Å². The first-order valence-corrected chi connectivity index (χ1v) is 4.99. The third kappa shape index (κ3) is 1.12. The molecule has 4 nitrogen and oxygen atoms in total. The van der Waals surface area contributed by atoms with E-state index in [1.165, 1.54) is 0 Å². The van der Waals surface area contributed by atoms with Crippen molar-refractivity contribution in [2.45, 2.75) is 37.8 Å². The molecule has 0 aliphatic carbocycles. The molecule has 0 aromatic heterocycles. The fourth-order valence-electron chi connectivity index (χ4n) is 2.80. The van der Waals surface area contributed by atoms with E-state index in [4.69, 9.17) is 5.73 Å². The monoisotopic (exact) mass is 183 g/mol. The Balaban J connectivity index is 2.28. The SMILES string of the molecule is CC[C@@]12CCC(CNC1)N2C(N)=O. The average molecular weight is 183 g/mol. The van der Waals surface area contributed by atoms with Crippen LogP contribution < -0.4 is 11.1 Å². The lowest BCUT2D eigenvalue weighted by Gasteiger charge is -2.43. The highest BCUT2D eigenvalue weighted by Gasteiger charge is 2.49. The summed E-state index contributed by atoms with van der Waals surface area (Å²) in [6, 6.07) is 0.0945. The van der Waals surface area contributed by atoms with Crippen LogP contribution in [0.15, 0.2) is 0 Å². The molecule has 2 heterocycles. The van der Waals surface area contributed by atoms with E-state index < -0.39 is 0 Å². The van der Waals surface area contributed by atoms with Gasteiger partial charge in [0, 0.05) is 19.1 Å². The van der Waals surface area contributed by atoms with Crippen LogP contribution in [0.2, 0.25) is 0 Å². The van der Waals surface area contributed by atoms with Crippen LogP contribution in [-0.2, 0) is 0 Å². The van der Waals surface area contributed by atoms with Crippen molar-refractivity contribution in [3.8, 4) is 0 Å². The predicted molar refractivity (Wildman–Crippen MR) is 50.3 cm³/mol. The number of carbonyl (C=O) groups is 1. The molecule has 3 N–H and O–H groups in total. The fourth-order valence-corrected chi connectivity index (χ4v) is 2.80. The van der Waals surface area contributed by atoms with Crippen LogP contribution >= 0.6 is 0 Å². The van der Waals surface area contributed by atoms with E-state index in [-0.39, 0.29) is 11.6 Å². The number of nitrogens with one attached hydrogen (secondary N) is 1. The zero-order valence-electron chi connectivity index (χ0n) is 8.05. The summed E-state index contributed by atoms with van der Waals surface area (Å²) >= 11 is 0. The molecule has 2 bridgehead atoms. The molecule has 2 saturated heterocycles. The number of hydrogen-bond donors (Lipinski definition) is 2. The normalized spacial score (nSPS) is 37.9. The number of piperazine rings is 1. The Morgan fingerprint density at radius 1 is 1.77 bits per heavy atom. The molecule has 2 aliphatic rings. The molecule has 13 heavy (non-hydrogen) atoms. The number of primary amides is 1. The summed E-state index contributed by atoms with van der Waals surface area (Å²) in [5, 5.41) is 3.37. The standard InChI is InChI=1S/C9H17N3O/c1-2-9-4-3-7(5-11-6-9)12(9)8(10)13/h7,11H,2-6H2,1H3,(H2,10,13)/t7?,9-/m1/s1. The van der Waals surface area contributed by atoms with Gasteiger partial charge in [-0.2, -0.15) is 0 Å². The summed E-state index contributed by atoms with van der Waals surface area (Å²) in [6.45, 7) is 3.94. The zero-order chi connectivity index (χ0) is 9.47. The maximum absolute atomic E-state index is 11.3. The summed E-state index contributed by atoms with van der Waals surface area (Å²) in [5.41, 5.74) is 5.43. The van der Waals surface area contributed by atoms with Gasteiger partial charge in [0.25, 0.3) is 0 Å². The first kappa shape index (κ1) is 8.81. The predicted octanol–water partition coefficient (Wildman–Crippen LogP) is 0.282. The fraction of sp³-hybridized carbons (Fsp3) is 0.889. The summed E-state index contributed by atoms with van der Waals surface area (Å²) in [6.07, 6.45) is 3.20. The first-order chi connectivity index (χ1) is 6.19. The number of hydrogen-bond acceptors (Lipinski definition) is 2. The Morgan fingerprint density at radius 2 is 2.54 bits per heavy atom. The van der Waals surface area contributed by atoms with E-state index in [0.29, 0.717) is 6.04 Å². The lowest BCUT2D eigenvalue weighted by molar-refractivity contribution is 0.0977. The van der Waals surface area contributed by atoms with Crippen molar-refractivity contribution in [3.05, 3.63) is 0 Å². The Kier molecular flexibility index (Phi) is 1.95. The van der Waals surface area contributed by atoms with Crippen molar-refractivity contribution in [3.63, 3.8) is 0 Å². The molecule has 0 radical (unpaired) electrons. The van der Waals surface area contributed by atoms with Gasteiger partial charge in [0.1, 0.15) is 0 Å². The van der Waals surface area contributed by atoms with Gasteiger partial charge in [0.15, 0.2) is 0 Å². The van der Waals surface area contributed by atoms with Gasteiger partial charge in [-0.3, -0.25) is 0 Å². The highest BCUT2D eigenvalue weighted by molar-refractivity contribution is 5.74. The second-order valence-corrected chi connectivity index (χ2v) is 4.11. The van der Waals surface area contributed by atoms with E-state index >= 15 is 0 Å². The number of fused-ring (bicyclic) bond motifs is 2. The molecular formula is C9H17N3O. The van der Waals surface area contributed by atoms with Crippen LogP contribution in [0.1, 0.15) is 26.2 Å². The summed E-state index contributed by atoms with van der Waals surface area (Å²) in [5.74, 6) is 0. The van der Waals surface area contributed by atoms with Crippen LogP contribution in [0.4, 0.5) is 4.79 Å². The van der Waals surface area contributed by atoms with Crippen LogP contribution in [0.25, 0.3) is 0 Å². The molecule has 2 rings (SSSR count). The van der Waals surface area contributed by atoms with Gasteiger partial charge in [-0.15, -0.1) is 0 Å².